The number of thiocarbonyl (C=S) groups is 1. The minimum atomic E-state index is -0.535. The summed E-state index contributed by atoms with van der Waals surface area (Å²) in [5.74, 6) is 1.04. The third-order valence-corrected chi connectivity index (χ3v) is 2.81. The van der Waals surface area contributed by atoms with Crippen molar-refractivity contribution in [3.05, 3.63) is 52.2 Å². The van der Waals surface area contributed by atoms with E-state index in [4.69, 9.17) is 15.2 Å². The van der Waals surface area contributed by atoms with Crippen molar-refractivity contribution in [3.8, 4) is 17.4 Å². The van der Waals surface area contributed by atoms with Crippen LogP contribution in [-0.2, 0) is 0 Å². The van der Waals surface area contributed by atoms with Crippen LogP contribution in [-0.4, -0.2) is 28.3 Å². The highest BCUT2D eigenvalue weighted by molar-refractivity contribution is 7.80. The molecule has 0 fully saturated rings. The van der Waals surface area contributed by atoms with Gasteiger partial charge in [0.15, 0.2) is 16.6 Å². The molecule has 9 nitrogen and oxygen atoms in total. The van der Waals surface area contributed by atoms with Crippen molar-refractivity contribution in [2.75, 3.05) is 7.11 Å². The predicted molar refractivity (Wildman–Crippen MR) is 91.5 cm³/mol. The van der Waals surface area contributed by atoms with E-state index in [9.17, 15) is 10.1 Å². The summed E-state index contributed by atoms with van der Waals surface area (Å²) in [5, 5.41) is 14.5. The lowest BCUT2D eigenvalue weighted by atomic mass is 10.2. The van der Waals surface area contributed by atoms with Crippen LogP contribution < -0.4 is 20.6 Å². The van der Waals surface area contributed by atoms with E-state index in [0.717, 1.165) is 11.8 Å². The number of nitro groups is 1. The second kappa shape index (κ2) is 7.83. The van der Waals surface area contributed by atoms with E-state index in [0.29, 0.717) is 11.5 Å². The molecule has 0 atom stereocenters. The first kappa shape index (κ1) is 17.1. The maximum absolute atomic E-state index is 10.6. The molecule has 1 heterocycles. The molecule has 1 aromatic carbocycles. The molecule has 124 valence electrons. The average molecular weight is 347 g/mol. The molecule has 0 bridgehead atoms. The van der Waals surface area contributed by atoms with Gasteiger partial charge in [-0.15, -0.1) is 0 Å². The van der Waals surface area contributed by atoms with Gasteiger partial charge in [-0.25, -0.2) is 4.98 Å². The fraction of sp³-hybridized carbons (Fsp3) is 0.0714. The first-order valence-corrected chi connectivity index (χ1v) is 6.95. The lowest BCUT2D eigenvalue weighted by Gasteiger charge is -2.10. The van der Waals surface area contributed by atoms with Gasteiger partial charge in [0, 0.05) is 12.1 Å². The number of hydrogen-bond donors (Lipinski definition) is 2. The number of nitrogens with one attached hydrogen (secondary N) is 1. The van der Waals surface area contributed by atoms with E-state index in [2.05, 4.69) is 27.7 Å². The molecule has 3 N–H and O–H groups in total. The lowest BCUT2D eigenvalue weighted by Crippen LogP contribution is -2.23. The molecular formula is C14H13N5O4S. The summed E-state index contributed by atoms with van der Waals surface area (Å²) < 4.78 is 10.8. The van der Waals surface area contributed by atoms with Crippen LogP contribution in [0.4, 0.5) is 5.69 Å². The predicted octanol–water partition coefficient (Wildman–Crippen LogP) is 1.96. The Morgan fingerprint density at radius 3 is 2.79 bits per heavy atom. The third kappa shape index (κ3) is 4.61. The highest BCUT2D eigenvalue weighted by Gasteiger charge is 2.10. The van der Waals surface area contributed by atoms with Gasteiger partial charge in [-0.05, 0) is 36.0 Å². The standard InChI is InChI=1S/C14H13N5O4S/c1-22-12-6-9(7-17-18-14(15)24)2-4-11(12)23-13-5-3-10(8-16-13)19(20)21/h2-8H,1H3,(H3,15,18,24)/b17-7-. The van der Waals surface area contributed by atoms with Gasteiger partial charge in [0.1, 0.15) is 6.20 Å². The van der Waals surface area contributed by atoms with E-state index < -0.39 is 4.92 Å². The second-order valence-corrected chi connectivity index (χ2v) is 4.80. The van der Waals surface area contributed by atoms with Gasteiger partial charge >= 0.3 is 0 Å². The highest BCUT2D eigenvalue weighted by Crippen LogP contribution is 2.31. The van der Waals surface area contributed by atoms with Crippen molar-refractivity contribution in [2.24, 2.45) is 10.8 Å². The summed E-state index contributed by atoms with van der Waals surface area (Å²) in [6, 6.07) is 7.78. The van der Waals surface area contributed by atoms with Crippen molar-refractivity contribution >= 4 is 29.2 Å². The number of aromatic nitrogens is 1. The number of rotatable bonds is 6. The van der Waals surface area contributed by atoms with Gasteiger partial charge in [0.2, 0.25) is 5.88 Å². The number of methoxy groups -OCH3 is 1. The molecule has 0 saturated carbocycles. The summed E-state index contributed by atoms with van der Waals surface area (Å²) in [4.78, 5) is 14.0. The van der Waals surface area contributed by atoms with Crippen LogP contribution in [0.1, 0.15) is 5.56 Å². The normalized spacial score (nSPS) is 10.4. The Balaban J connectivity index is 2.16. The Morgan fingerprint density at radius 1 is 1.42 bits per heavy atom. The third-order valence-electron chi connectivity index (χ3n) is 2.72. The second-order valence-electron chi connectivity index (χ2n) is 4.36. The van der Waals surface area contributed by atoms with Crippen LogP contribution in [0.3, 0.4) is 0 Å². The number of nitrogens with two attached hydrogens (primary N) is 1. The summed E-state index contributed by atoms with van der Waals surface area (Å²) >= 11 is 4.64. The van der Waals surface area contributed by atoms with Crippen molar-refractivity contribution in [1.82, 2.24) is 10.4 Å². The van der Waals surface area contributed by atoms with Gasteiger partial charge in [-0.2, -0.15) is 5.10 Å². The Kier molecular flexibility index (Phi) is 5.58. The Morgan fingerprint density at radius 2 is 2.21 bits per heavy atom. The Labute approximate surface area is 142 Å². The number of ether oxygens (including phenoxy) is 2. The van der Waals surface area contributed by atoms with Crippen LogP contribution in [0.15, 0.2) is 41.6 Å². The van der Waals surface area contributed by atoms with Gasteiger partial charge < -0.3 is 15.2 Å². The molecule has 2 aromatic rings. The van der Waals surface area contributed by atoms with Crippen LogP contribution in [0.25, 0.3) is 0 Å². The monoisotopic (exact) mass is 347 g/mol. The van der Waals surface area contributed by atoms with E-state index in [1.807, 2.05) is 0 Å². The molecule has 0 radical (unpaired) electrons. The zero-order valence-corrected chi connectivity index (χ0v) is 13.3. The molecule has 0 aliphatic carbocycles. The summed E-state index contributed by atoms with van der Waals surface area (Å²) in [6.45, 7) is 0. The molecule has 1 aromatic heterocycles. The van der Waals surface area contributed by atoms with Crippen molar-refractivity contribution < 1.29 is 14.4 Å². The van der Waals surface area contributed by atoms with E-state index in [1.54, 1.807) is 18.2 Å². The van der Waals surface area contributed by atoms with Gasteiger partial charge in [-0.1, -0.05) is 0 Å². The quantitative estimate of drug-likeness (QED) is 0.351. The topological polar surface area (TPSA) is 125 Å². The minimum Gasteiger partial charge on any atom is -0.493 e. The summed E-state index contributed by atoms with van der Waals surface area (Å²) in [5.41, 5.74) is 8.31. The molecule has 0 aliphatic rings. The van der Waals surface area contributed by atoms with Crippen LogP contribution >= 0.6 is 12.2 Å². The van der Waals surface area contributed by atoms with Crippen molar-refractivity contribution in [2.45, 2.75) is 0 Å². The molecule has 0 saturated heterocycles. The van der Waals surface area contributed by atoms with Gasteiger partial charge in [-0.3, -0.25) is 15.5 Å². The lowest BCUT2D eigenvalue weighted by molar-refractivity contribution is -0.385. The van der Waals surface area contributed by atoms with Crippen molar-refractivity contribution in [1.29, 1.82) is 0 Å². The van der Waals surface area contributed by atoms with Crippen molar-refractivity contribution in [3.63, 3.8) is 0 Å². The first-order valence-electron chi connectivity index (χ1n) is 6.54. The molecule has 2 rings (SSSR count). The Bertz CT molecular complexity index is 779. The zero-order chi connectivity index (χ0) is 17.5. The maximum atomic E-state index is 10.6. The smallest absolute Gasteiger partial charge is 0.287 e. The number of benzene rings is 1. The molecule has 0 spiro atoms. The van der Waals surface area contributed by atoms with Gasteiger partial charge in [0.05, 0.1) is 18.2 Å². The fourth-order valence-corrected chi connectivity index (χ4v) is 1.73. The van der Waals surface area contributed by atoms with Crippen LogP contribution in [0.2, 0.25) is 0 Å². The highest BCUT2D eigenvalue weighted by atomic mass is 32.1. The summed E-state index contributed by atoms with van der Waals surface area (Å²) in [6.07, 6.45) is 2.62. The van der Waals surface area contributed by atoms with Gasteiger partial charge in [0.25, 0.3) is 5.69 Å². The fourth-order valence-electron chi connectivity index (χ4n) is 1.67. The number of hydrazone groups is 1. The zero-order valence-electron chi connectivity index (χ0n) is 12.5. The Hall–Kier alpha value is -3.27. The number of nitrogens with zero attached hydrogens (tertiary/aromatic N) is 3. The molecule has 0 unspecified atom stereocenters. The molecule has 24 heavy (non-hydrogen) atoms. The molecular weight excluding hydrogens is 334 g/mol. The summed E-state index contributed by atoms with van der Waals surface area (Å²) in [7, 11) is 1.49. The largest absolute Gasteiger partial charge is 0.493 e. The van der Waals surface area contributed by atoms with Crippen LogP contribution in [0, 0.1) is 10.1 Å². The van der Waals surface area contributed by atoms with E-state index in [-0.39, 0.29) is 16.7 Å². The maximum Gasteiger partial charge on any atom is 0.287 e. The molecule has 10 heteroatoms. The van der Waals surface area contributed by atoms with E-state index >= 15 is 0 Å². The number of hydrogen-bond acceptors (Lipinski definition) is 7. The SMILES string of the molecule is COc1cc(/C=N\NC(N)=S)ccc1Oc1ccc([N+](=O)[O-])cn1. The average Bonchev–Trinajstić information content (AvgIpc) is 2.56. The van der Waals surface area contributed by atoms with Crippen LogP contribution in [0.5, 0.6) is 17.4 Å². The number of pyridine rings is 1. The molecule has 0 amide bonds. The molecule has 0 aliphatic heterocycles. The van der Waals surface area contributed by atoms with E-state index in [1.165, 1.54) is 25.5 Å². The minimum absolute atomic E-state index is 0.0578. The first-order chi connectivity index (χ1) is 11.5.